The first-order chi connectivity index (χ1) is 15.1. The van der Waals surface area contributed by atoms with E-state index in [1.807, 2.05) is 48.5 Å². The molecule has 156 valence electrons. The van der Waals surface area contributed by atoms with Gasteiger partial charge in [-0.05, 0) is 32.7 Å². The Hall–Kier alpha value is -3.44. The Morgan fingerprint density at radius 2 is 1.06 bits per heavy atom. The van der Waals surface area contributed by atoms with Crippen LogP contribution in [0.4, 0.5) is 0 Å². The van der Waals surface area contributed by atoms with E-state index in [0.29, 0.717) is 0 Å². The first-order valence-corrected chi connectivity index (χ1v) is 10.2. The molecule has 2 bridgehead atoms. The van der Waals surface area contributed by atoms with Crippen LogP contribution in [0.5, 0.6) is 0 Å². The minimum Gasteiger partial charge on any atom is -0.469 e. The predicted octanol–water partition coefficient (Wildman–Crippen LogP) is 4.82. The number of hydrogen-bond donors (Lipinski definition) is 0. The van der Waals surface area contributed by atoms with E-state index in [1.165, 1.54) is 14.2 Å². The Labute approximate surface area is 179 Å². The topological polar surface area (TPSA) is 61.8 Å². The second kappa shape index (κ2) is 7.67. The summed E-state index contributed by atoms with van der Waals surface area (Å²) in [4.78, 5) is 25.1. The highest BCUT2D eigenvalue weighted by Crippen LogP contribution is 2.57. The molecule has 2 aliphatic heterocycles. The molecule has 0 amide bonds. The third kappa shape index (κ3) is 3.04. The molecular weight excluding hydrogens is 392 g/mol. The number of benzene rings is 2. The second-order valence-electron chi connectivity index (χ2n) is 7.83. The number of carbonyl (C=O) groups is 2. The minimum atomic E-state index is -0.732. The number of hydrogen-bond acceptors (Lipinski definition) is 5. The van der Waals surface area contributed by atoms with Crippen molar-refractivity contribution in [3.8, 4) is 0 Å². The van der Waals surface area contributed by atoms with Crippen molar-refractivity contribution in [2.24, 2.45) is 11.8 Å². The SMILES string of the molecule is COC(=O)C1C2OC(c3ccc4ccccc4c4ccccc4ccc32)C1C(=O)OC. The molecule has 0 saturated carbocycles. The van der Waals surface area contributed by atoms with Crippen LogP contribution in [0.25, 0.3) is 21.5 Å². The zero-order chi connectivity index (χ0) is 21.5. The van der Waals surface area contributed by atoms with E-state index in [4.69, 9.17) is 14.2 Å². The van der Waals surface area contributed by atoms with Crippen LogP contribution in [0.1, 0.15) is 23.3 Å². The lowest BCUT2D eigenvalue weighted by Gasteiger charge is -2.25. The molecule has 2 heterocycles. The molecule has 2 aliphatic rings. The van der Waals surface area contributed by atoms with Gasteiger partial charge in [0.05, 0.1) is 26.4 Å². The Morgan fingerprint density at radius 3 is 1.48 bits per heavy atom. The van der Waals surface area contributed by atoms with Crippen molar-refractivity contribution >= 4 is 33.5 Å². The quantitative estimate of drug-likeness (QED) is 0.563. The molecule has 0 aromatic heterocycles. The van der Waals surface area contributed by atoms with Crippen LogP contribution < -0.4 is 0 Å². The van der Waals surface area contributed by atoms with E-state index in [-0.39, 0.29) is 0 Å². The average Bonchev–Trinajstić information content (AvgIpc) is 3.37. The fourth-order valence-electron chi connectivity index (χ4n) is 4.89. The van der Waals surface area contributed by atoms with Gasteiger partial charge in [0.2, 0.25) is 0 Å². The summed E-state index contributed by atoms with van der Waals surface area (Å²) in [5, 5.41) is 4.39. The van der Waals surface area contributed by atoms with Crippen LogP contribution in [0.2, 0.25) is 0 Å². The van der Waals surface area contributed by atoms with E-state index in [1.54, 1.807) is 0 Å². The molecule has 0 N–H and O–H groups in total. The summed E-state index contributed by atoms with van der Waals surface area (Å²) in [5.41, 5.74) is 1.79. The van der Waals surface area contributed by atoms with Crippen LogP contribution in [-0.2, 0) is 23.8 Å². The Morgan fingerprint density at radius 1 is 0.645 bits per heavy atom. The van der Waals surface area contributed by atoms with E-state index in [0.717, 1.165) is 32.7 Å². The van der Waals surface area contributed by atoms with Gasteiger partial charge in [-0.2, -0.15) is 0 Å². The van der Waals surface area contributed by atoms with Crippen LogP contribution in [-0.4, -0.2) is 26.2 Å². The Bertz CT molecular complexity index is 1170. The van der Waals surface area contributed by atoms with Crippen LogP contribution >= 0.6 is 0 Å². The molecular formula is C26H22O5. The van der Waals surface area contributed by atoms with Crippen molar-refractivity contribution in [1.82, 2.24) is 0 Å². The summed E-state index contributed by atoms with van der Waals surface area (Å²) in [6.07, 6.45) is -1.11. The maximum atomic E-state index is 12.6. The number of methoxy groups -OCH3 is 2. The third-order valence-corrected chi connectivity index (χ3v) is 6.32. The highest BCUT2D eigenvalue weighted by atomic mass is 16.6. The highest BCUT2D eigenvalue weighted by molar-refractivity contribution is 6.05. The van der Waals surface area contributed by atoms with Crippen LogP contribution in [0.15, 0.2) is 72.8 Å². The van der Waals surface area contributed by atoms with Gasteiger partial charge in [-0.1, -0.05) is 72.8 Å². The van der Waals surface area contributed by atoms with Crippen molar-refractivity contribution in [3.63, 3.8) is 0 Å². The highest BCUT2D eigenvalue weighted by Gasteiger charge is 2.59. The lowest BCUT2D eigenvalue weighted by atomic mass is 9.76. The molecule has 0 aliphatic carbocycles. The van der Waals surface area contributed by atoms with Gasteiger partial charge in [-0.3, -0.25) is 9.59 Å². The largest absolute Gasteiger partial charge is 0.469 e. The van der Waals surface area contributed by atoms with Gasteiger partial charge >= 0.3 is 11.9 Å². The van der Waals surface area contributed by atoms with Crippen molar-refractivity contribution in [2.45, 2.75) is 12.2 Å². The number of carbonyl (C=O) groups excluding carboxylic acids is 2. The average molecular weight is 414 g/mol. The molecule has 31 heavy (non-hydrogen) atoms. The van der Waals surface area contributed by atoms with Crippen molar-refractivity contribution in [2.75, 3.05) is 14.2 Å². The van der Waals surface area contributed by atoms with Gasteiger partial charge in [0.25, 0.3) is 0 Å². The van der Waals surface area contributed by atoms with Gasteiger partial charge in [0.1, 0.15) is 11.8 Å². The van der Waals surface area contributed by atoms with E-state index in [2.05, 4.69) is 24.3 Å². The zero-order valence-electron chi connectivity index (χ0n) is 17.3. The van der Waals surface area contributed by atoms with Gasteiger partial charge in [0, 0.05) is 0 Å². The Kier molecular flexibility index (Phi) is 4.83. The van der Waals surface area contributed by atoms with Crippen LogP contribution in [0, 0.1) is 11.8 Å². The molecule has 5 heteroatoms. The molecule has 4 unspecified atom stereocenters. The molecule has 1 saturated heterocycles. The van der Waals surface area contributed by atoms with Gasteiger partial charge < -0.3 is 14.2 Å². The van der Waals surface area contributed by atoms with E-state index >= 15 is 0 Å². The minimum absolute atomic E-state index is 0.463. The molecule has 3 aromatic carbocycles. The second-order valence-corrected chi connectivity index (χ2v) is 7.83. The number of rotatable bonds is 2. The number of fused-ring (bicyclic) bond motifs is 8. The number of ether oxygens (including phenoxy) is 3. The third-order valence-electron chi connectivity index (χ3n) is 6.32. The molecule has 5 nitrogen and oxygen atoms in total. The fourth-order valence-corrected chi connectivity index (χ4v) is 4.89. The zero-order valence-corrected chi connectivity index (χ0v) is 17.3. The normalized spacial score (nSPS) is 23.3. The molecule has 3 aromatic rings. The molecule has 5 rings (SSSR count). The lowest BCUT2D eigenvalue weighted by molar-refractivity contribution is -0.157. The summed E-state index contributed by atoms with van der Waals surface area (Å²) >= 11 is 0. The molecule has 0 spiro atoms. The predicted molar refractivity (Wildman–Crippen MR) is 117 cm³/mol. The number of esters is 2. The smallest absolute Gasteiger partial charge is 0.312 e. The van der Waals surface area contributed by atoms with Gasteiger partial charge in [-0.15, -0.1) is 0 Å². The lowest BCUT2D eigenvalue weighted by Crippen LogP contribution is -2.35. The summed E-state index contributed by atoms with van der Waals surface area (Å²) in [6, 6.07) is 24.5. The Balaban J connectivity index is 1.81. The molecule has 0 radical (unpaired) electrons. The summed E-state index contributed by atoms with van der Waals surface area (Å²) in [6.45, 7) is 0. The fraction of sp³-hybridized carbons (Fsp3) is 0.231. The summed E-state index contributed by atoms with van der Waals surface area (Å²) in [5.74, 6) is -2.39. The van der Waals surface area contributed by atoms with Crippen LogP contribution in [0.3, 0.4) is 0 Å². The monoisotopic (exact) mass is 414 g/mol. The first kappa shape index (κ1) is 19.5. The standard InChI is InChI=1S/C26H22O5/c1-29-25(27)21-22(26(28)30-2)24-20-14-12-16-8-4-6-10-18(16)17-9-5-3-7-15(17)11-13-19(20)23(21)31-24/h3-14,21-24H,1-2H3. The van der Waals surface area contributed by atoms with Crippen molar-refractivity contribution in [1.29, 1.82) is 0 Å². The van der Waals surface area contributed by atoms with Crippen molar-refractivity contribution in [3.05, 3.63) is 83.9 Å². The van der Waals surface area contributed by atoms with Crippen molar-refractivity contribution < 1.29 is 23.8 Å². The van der Waals surface area contributed by atoms with E-state index in [9.17, 15) is 9.59 Å². The van der Waals surface area contributed by atoms with E-state index < -0.39 is 36.0 Å². The van der Waals surface area contributed by atoms with Gasteiger partial charge in [-0.25, -0.2) is 0 Å². The summed E-state index contributed by atoms with van der Waals surface area (Å²) in [7, 11) is 2.66. The summed E-state index contributed by atoms with van der Waals surface area (Å²) < 4.78 is 16.2. The maximum absolute atomic E-state index is 12.6. The molecule has 4 atom stereocenters. The molecule has 1 fully saturated rings. The maximum Gasteiger partial charge on any atom is 0.312 e. The van der Waals surface area contributed by atoms with Gasteiger partial charge in [0.15, 0.2) is 0 Å². The first-order valence-electron chi connectivity index (χ1n) is 10.2.